The van der Waals surface area contributed by atoms with Gasteiger partial charge in [-0.3, -0.25) is 0 Å². The molecule has 0 bridgehead atoms. The Morgan fingerprint density at radius 1 is 0.750 bits per heavy atom. The van der Waals surface area contributed by atoms with Crippen LogP contribution in [0.25, 0.3) is 6.08 Å². The Bertz CT molecular complexity index is 779. The summed E-state index contributed by atoms with van der Waals surface area (Å²) in [6.07, 6.45) is 4.06. The van der Waals surface area contributed by atoms with E-state index in [1.807, 2.05) is 72.8 Å². The van der Waals surface area contributed by atoms with Gasteiger partial charge in [0.15, 0.2) is 0 Å². The number of allylic oxidation sites excluding steroid dienone is 1. The number of benzene rings is 3. The second-order valence-corrected chi connectivity index (χ2v) is 5.50. The Labute approximate surface area is 143 Å². The van der Waals surface area contributed by atoms with Crippen LogP contribution in [-0.4, -0.2) is 0 Å². The fourth-order valence-corrected chi connectivity index (χ4v) is 2.51. The van der Waals surface area contributed by atoms with E-state index >= 15 is 0 Å². The first kappa shape index (κ1) is 15.6. The molecule has 118 valence electrons. The quantitative estimate of drug-likeness (QED) is 0.488. The zero-order chi connectivity index (χ0) is 16.8. The largest absolute Gasteiger partial charge is 0.399 e. The van der Waals surface area contributed by atoms with E-state index in [2.05, 4.69) is 35.7 Å². The Morgan fingerprint density at radius 2 is 1.25 bits per heavy atom. The van der Waals surface area contributed by atoms with Crippen molar-refractivity contribution in [2.24, 2.45) is 0 Å². The van der Waals surface area contributed by atoms with Crippen molar-refractivity contribution >= 4 is 23.1 Å². The van der Waals surface area contributed by atoms with Crippen LogP contribution in [0.5, 0.6) is 0 Å². The van der Waals surface area contributed by atoms with E-state index in [0.29, 0.717) is 0 Å². The molecule has 0 aliphatic heterocycles. The lowest BCUT2D eigenvalue weighted by Crippen LogP contribution is -2.13. The molecule has 0 fully saturated rings. The average molecular weight is 312 g/mol. The number of nitrogens with two attached hydrogens (primary N) is 1. The van der Waals surface area contributed by atoms with Gasteiger partial charge in [-0.05, 0) is 48.0 Å². The van der Waals surface area contributed by atoms with E-state index in [1.165, 1.54) is 0 Å². The zero-order valence-electron chi connectivity index (χ0n) is 13.5. The minimum Gasteiger partial charge on any atom is -0.399 e. The van der Waals surface area contributed by atoms with Gasteiger partial charge in [0.2, 0.25) is 0 Å². The van der Waals surface area contributed by atoms with E-state index in [-0.39, 0.29) is 0 Å². The number of nitrogens with zero attached hydrogens (tertiary/aromatic N) is 1. The monoisotopic (exact) mass is 312 g/mol. The van der Waals surface area contributed by atoms with Gasteiger partial charge in [-0.25, -0.2) is 0 Å². The van der Waals surface area contributed by atoms with E-state index in [1.54, 1.807) is 0 Å². The van der Waals surface area contributed by atoms with Gasteiger partial charge in [-0.15, -0.1) is 0 Å². The molecule has 0 unspecified atom stereocenters. The summed E-state index contributed by atoms with van der Waals surface area (Å²) in [4.78, 5) is 2.13. The van der Waals surface area contributed by atoms with Crippen LogP contribution in [0.4, 0.5) is 17.1 Å². The normalized spacial score (nSPS) is 10.7. The molecule has 0 spiro atoms. The van der Waals surface area contributed by atoms with Gasteiger partial charge in [0.05, 0.1) is 0 Å². The number of hydrogen-bond donors (Lipinski definition) is 1. The van der Waals surface area contributed by atoms with Gasteiger partial charge in [-0.1, -0.05) is 61.2 Å². The van der Waals surface area contributed by atoms with E-state index < -0.39 is 0 Å². The molecule has 2 heteroatoms. The Morgan fingerprint density at radius 3 is 1.75 bits per heavy atom. The number of para-hydroxylation sites is 2. The standard InChI is InChI=1S/C22H20N2/c1-18(12-13-19-14-16-20(23)17-15-19)24(21-8-4-2-5-9-21)22-10-6-3-7-11-22/h2-17H,1,23H2/b13-12+. The molecule has 3 rings (SSSR count). The highest BCUT2D eigenvalue weighted by atomic mass is 15.1. The first-order valence-corrected chi connectivity index (χ1v) is 7.87. The maximum Gasteiger partial charge on any atom is 0.0461 e. The lowest BCUT2D eigenvalue weighted by atomic mass is 10.1. The third-order valence-corrected chi connectivity index (χ3v) is 3.72. The molecule has 24 heavy (non-hydrogen) atoms. The summed E-state index contributed by atoms with van der Waals surface area (Å²) in [5.41, 5.74) is 10.6. The minimum atomic E-state index is 0.765. The fourth-order valence-electron chi connectivity index (χ4n) is 2.51. The van der Waals surface area contributed by atoms with Gasteiger partial charge >= 0.3 is 0 Å². The molecule has 2 N–H and O–H groups in total. The van der Waals surface area contributed by atoms with Gasteiger partial charge in [0.1, 0.15) is 0 Å². The molecule has 0 heterocycles. The van der Waals surface area contributed by atoms with Crippen molar-refractivity contribution < 1.29 is 0 Å². The Hall–Kier alpha value is -3.26. The highest BCUT2D eigenvalue weighted by Gasteiger charge is 2.10. The third-order valence-electron chi connectivity index (χ3n) is 3.72. The molecule has 2 nitrogen and oxygen atoms in total. The third kappa shape index (κ3) is 3.73. The van der Waals surface area contributed by atoms with E-state index in [9.17, 15) is 0 Å². The summed E-state index contributed by atoms with van der Waals surface area (Å²) in [6.45, 7) is 4.25. The zero-order valence-corrected chi connectivity index (χ0v) is 13.5. The lowest BCUT2D eigenvalue weighted by molar-refractivity contribution is 1.22. The van der Waals surface area contributed by atoms with Crippen molar-refractivity contribution in [1.29, 1.82) is 0 Å². The highest BCUT2D eigenvalue weighted by Crippen LogP contribution is 2.29. The summed E-state index contributed by atoms with van der Waals surface area (Å²) < 4.78 is 0. The number of rotatable bonds is 5. The molecular weight excluding hydrogens is 292 g/mol. The first-order valence-electron chi connectivity index (χ1n) is 7.87. The summed E-state index contributed by atoms with van der Waals surface area (Å²) in [5, 5.41) is 0. The van der Waals surface area contributed by atoms with Crippen LogP contribution in [0.2, 0.25) is 0 Å². The molecular formula is C22H20N2. The van der Waals surface area contributed by atoms with Gasteiger partial charge in [0.25, 0.3) is 0 Å². The predicted octanol–water partition coefficient (Wildman–Crippen LogP) is 5.63. The minimum absolute atomic E-state index is 0.765. The Balaban J connectivity index is 1.91. The van der Waals surface area contributed by atoms with Crippen LogP contribution in [0.15, 0.2) is 103 Å². The summed E-state index contributed by atoms with van der Waals surface area (Å²) in [5.74, 6) is 0. The molecule has 0 aliphatic rings. The van der Waals surface area contributed by atoms with Crippen molar-refractivity contribution in [3.63, 3.8) is 0 Å². The Kier molecular flexibility index (Phi) is 4.78. The van der Waals surface area contributed by atoms with Gasteiger partial charge in [-0.2, -0.15) is 0 Å². The van der Waals surface area contributed by atoms with Crippen LogP contribution in [0.3, 0.4) is 0 Å². The van der Waals surface area contributed by atoms with Gasteiger partial charge in [0, 0.05) is 22.8 Å². The SMILES string of the molecule is C=C(/C=C/c1ccc(N)cc1)N(c1ccccc1)c1ccccc1. The molecule has 3 aromatic rings. The second-order valence-electron chi connectivity index (χ2n) is 5.50. The van der Waals surface area contributed by atoms with Crippen molar-refractivity contribution in [2.75, 3.05) is 10.6 Å². The highest BCUT2D eigenvalue weighted by molar-refractivity contribution is 5.71. The van der Waals surface area contributed by atoms with Crippen LogP contribution in [-0.2, 0) is 0 Å². The van der Waals surface area contributed by atoms with Crippen LogP contribution in [0.1, 0.15) is 5.56 Å². The average Bonchev–Trinajstić information content (AvgIpc) is 2.63. The van der Waals surface area contributed by atoms with Crippen molar-refractivity contribution in [3.05, 3.63) is 109 Å². The molecule has 0 atom stereocenters. The van der Waals surface area contributed by atoms with Crippen LogP contribution < -0.4 is 10.6 Å². The maximum atomic E-state index is 5.73. The first-order chi connectivity index (χ1) is 11.7. The molecule has 0 saturated carbocycles. The van der Waals surface area contributed by atoms with Crippen molar-refractivity contribution in [2.45, 2.75) is 0 Å². The smallest absolute Gasteiger partial charge is 0.0461 e. The van der Waals surface area contributed by atoms with Crippen molar-refractivity contribution in [3.8, 4) is 0 Å². The molecule has 0 aliphatic carbocycles. The summed E-state index contributed by atoms with van der Waals surface area (Å²) >= 11 is 0. The van der Waals surface area contributed by atoms with Crippen LogP contribution >= 0.6 is 0 Å². The molecule has 3 aromatic carbocycles. The topological polar surface area (TPSA) is 29.3 Å². The molecule has 0 saturated heterocycles. The number of nitrogen functional groups attached to an aromatic ring is 1. The fraction of sp³-hybridized carbons (Fsp3) is 0. The maximum absolute atomic E-state index is 5.73. The van der Waals surface area contributed by atoms with E-state index in [0.717, 1.165) is 28.3 Å². The summed E-state index contributed by atoms with van der Waals surface area (Å²) in [7, 11) is 0. The van der Waals surface area contributed by atoms with E-state index in [4.69, 9.17) is 5.73 Å². The summed E-state index contributed by atoms with van der Waals surface area (Å²) in [6, 6.07) is 28.2. The molecule has 0 amide bonds. The van der Waals surface area contributed by atoms with Crippen LogP contribution in [0, 0.1) is 0 Å². The second kappa shape index (κ2) is 7.34. The van der Waals surface area contributed by atoms with Gasteiger partial charge < -0.3 is 10.6 Å². The lowest BCUT2D eigenvalue weighted by Gasteiger charge is -2.25. The van der Waals surface area contributed by atoms with Crippen molar-refractivity contribution in [1.82, 2.24) is 0 Å². The number of anilines is 3. The molecule has 0 aromatic heterocycles. The number of hydrogen-bond acceptors (Lipinski definition) is 2. The molecule has 0 radical (unpaired) electrons. The predicted molar refractivity (Wildman–Crippen MR) is 104 cm³/mol.